The van der Waals surface area contributed by atoms with Crippen LogP contribution in [0.15, 0.2) is 34.2 Å². The van der Waals surface area contributed by atoms with Gasteiger partial charge in [-0.15, -0.1) is 10.2 Å². The fourth-order valence-corrected chi connectivity index (χ4v) is 2.32. The molecule has 0 saturated carbocycles. The summed E-state index contributed by atoms with van der Waals surface area (Å²) in [6, 6.07) is 7.05. The van der Waals surface area contributed by atoms with Crippen LogP contribution in [0, 0.1) is 0 Å². The Kier molecular flexibility index (Phi) is 8.60. The minimum atomic E-state index is -1.81. The molecule has 2 rings (SSSR count). The van der Waals surface area contributed by atoms with E-state index in [0.29, 0.717) is 10.4 Å². The Bertz CT molecular complexity index is 976. The summed E-state index contributed by atoms with van der Waals surface area (Å²) in [6.45, 7) is -1.63. The number of nitrogens with one attached hydrogen (secondary N) is 1. The molecular weight excluding hydrogens is 412 g/mol. The van der Waals surface area contributed by atoms with Crippen LogP contribution in [0.25, 0.3) is 12.2 Å². The summed E-state index contributed by atoms with van der Waals surface area (Å²) in [5.41, 5.74) is 1.86. The normalized spacial score (nSPS) is 15.0. The predicted molar refractivity (Wildman–Crippen MR) is 112 cm³/mol. The molecule has 2 aromatic rings. The van der Waals surface area contributed by atoms with Crippen molar-refractivity contribution in [3.63, 3.8) is 0 Å². The van der Waals surface area contributed by atoms with Crippen LogP contribution in [0.5, 0.6) is 5.75 Å². The molecule has 0 unspecified atom stereocenters. The maximum atomic E-state index is 12.4. The van der Waals surface area contributed by atoms with Crippen molar-refractivity contribution >= 4 is 23.8 Å². The molecule has 168 valence electrons. The molecular formula is C18H24N6O7. The molecule has 13 nitrogen and oxygen atoms in total. The summed E-state index contributed by atoms with van der Waals surface area (Å²) in [5.74, 6) is 6.06. The van der Waals surface area contributed by atoms with Gasteiger partial charge in [0.2, 0.25) is 0 Å². The minimum Gasteiger partial charge on any atom is -0.497 e. The number of hydrogen-bond donors (Lipinski definition) is 7. The Hall–Kier alpha value is -3.36. The van der Waals surface area contributed by atoms with Crippen LogP contribution >= 0.6 is 0 Å². The van der Waals surface area contributed by atoms with Gasteiger partial charge in [0.15, 0.2) is 5.69 Å². The second-order valence-electron chi connectivity index (χ2n) is 6.25. The fraction of sp³-hybridized carbons (Fsp3) is 0.333. The minimum absolute atomic E-state index is 0.0586. The van der Waals surface area contributed by atoms with E-state index in [1.165, 1.54) is 6.08 Å². The highest BCUT2D eigenvalue weighted by atomic mass is 16.5. The highest BCUT2D eigenvalue weighted by Crippen LogP contribution is 2.13. The number of rotatable bonds is 10. The van der Waals surface area contributed by atoms with Gasteiger partial charge >= 0.3 is 0 Å². The lowest BCUT2D eigenvalue weighted by Crippen LogP contribution is -2.45. The molecule has 1 aromatic carbocycles. The van der Waals surface area contributed by atoms with Crippen molar-refractivity contribution in [3.05, 3.63) is 45.9 Å². The molecule has 0 aliphatic heterocycles. The molecule has 0 bridgehead atoms. The Morgan fingerprint density at radius 3 is 2.48 bits per heavy atom. The molecule has 0 aliphatic carbocycles. The van der Waals surface area contributed by atoms with Crippen LogP contribution in [0.3, 0.4) is 0 Å². The predicted octanol–water partition coefficient (Wildman–Crippen LogP) is -2.63. The van der Waals surface area contributed by atoms with Crippen LogP contribution in [-0.2, 0) is 0 Å². The van der Waals surface area contributed by atoms with Gasteiger partial charge in [0.05, 0.1) is 26.0 Å². The molecule has 13 heteroatoms. The van der Waals surface area contributed by atoms with E-state index < -0.39 is 42.8 Å². The summed E-state index contributed by atoms with van der Waals surface area (Å²) in [5, 5.41) is 58.3. The third-order valence-electron chi connectivity index (χ3n) is 4.18. The number of aromatic nitrogens is 3. The Morgan fingerprint density at radius 1 is 1.23 bits per heavy atom. The number of anilines is 1. The third-order valence-corrected chi connectivity index (χ3v) is 4.18. The zero-order valence-corrected chi connectivity index (χ0v) is 16.5. The Balaban J connectivity index is 2.18. The number of aliphatic hydroxyl groups excluding tert-OH is 5. The highest BCUT2D eigenvalue weighted by molar-refractivity contribution is 5.90. The van der Waals surface area contributed by atoms with Crippen molar-refractivity contribution in [2.24, 2.45) is 5.10 Å². The molecule has 0 spiro atoms. The second kappa shape index (κ2) is 11.1. The average molecular weight is 436 g/mol. The van der Waals surface area contributed by atoms with E-state index in [9.17, 15) is 25.2 Å². The topological polar surface area (TPSA) is 209 Å². The van der Waals surface area contributed by atoms with Gasteiger partial charge in [0.25, 0.3) is 11.5 Å². The standard InChI is InChI=1S/C18H24N6O7/c1-31-11-5-2-10(3-6-11)4-7-12-17(30)24(19)18(22-20-12)23-21-13(8-25)15(28)16(29)14(27)9-26/h2-7,14-16,25-29H,8-9,19H2,1H3,(H,22,23)/b7-4+,21-13+/t14-,15-,16-/m1/s1. The molecule has 3 atom stereocenters. The van der Waals surface area contributed by atoms with Crippen molar-refractivity contribution in [1.82, 2.24) is 14.9 Å². The summed E-state index contributed by atoms with van der Waals surface area (Å²) >= 11 is 0. The maximum Gasteiger partial charge on any atom is 0.299 e. The van der Waals surface area contributed by atoms with Gasteiger partial charge in [-0.2, -0.15) is 9.78 Å². The third kappa shape index (κ3) is 6.07. The van der Waals surface area contributed by atoms with E-state index in [1.54, 1.807) is 37.5 Å². The molecule has 8 N–H and O–H groups in total. The lowest BCUT2D eigenvalue weighted by Gasteiger charge is -2.22. The number of benzene rings is 1. The summed E-state index contributed by atoms with van der Waals surface area (Å²) in [6.07, 6.45) is -2.23. The first-order valence-corrected chi connectivity index (χ1v) is 8.97. The van der Waals surface area contributed by atoms with E-state index >= 15 is 0 Å². The van der Waals surface area contributed by atoms with E-state index in [-0.39, 0.29) is 11.6 Å². The highest BCUT2D eigenvalue weighted by Gasteiger charge is 2.28. The molecule has 1 aromatic heterocycles. The van der Waals surface area contributed by atoms with Crippen molar-refractivity contribution in [3.8, 4) is 5.75 Å². The second-order valence-corrected chi connectivity index (χ2v) is 6.25. The van der Waals surface area contributed by atoms with E-state index in [1.807, 2.05) is 0 Å². The lowest BCUT2D eigenvalue weighted by atomic mass is 10.0. The lowest BCUT2D eigenvalue weighted by molar-refractivity contribution is -0.0564. The van der Waals surface area contributed by atoms with Gasteiger partial charge in [-0.1, -0.05) is 18.2 Å². The zero-order chi connectivity index (χ0) is 23.0. The van der Waals surface area contributed by atoms with Gasteiger partial charge < -0.3 is 36.1 Å². The first kappa shape index (κ1) is 23.9. The first-order valence-electron chi connectivity index (χ1n) is 8.97. The summed E-state index contributed by atoms with van der Waals surface area (Å²) in [7, 11) is 1.55. The fourth-order valence-electron chi connectivity index (χ4n) is 2.32. The monoisotopic (exact) mass is 436 g/mol. The SMILES string of the molecule is COc1ccc(/C=C/c2nnc(N/N=C(\CO)[C@@H](O)[C@H](O)[C@H](O)CO)n(N)c2=O)cc1. The first-order chi connectivity index (χ1) is 14.8. The molecule has 0 amide bonds. The van der Waals surface area contributed by atoms with Crippen LogP contribution in [-0.4, -0.2) is 84.8 Å². The van der Waals surface area contributed by atoms with Gasteiger partial charge in [-0.25, -0.2) is 5.43 Å². The molecule has 0 aliphatic rings. The van der Waals surface area contributed by atoms with Crippen LogP contribution in [0.2, 0.25) is 0 Å². The van der Waals surface area contributed by atoms with Crippen molar-refractivity contribution < 1.29 is 30.3 Å². The molecule has 0 fully saturated rings. The number of hydrazone groups is 1. The van der Waals surface area contributed by atoms with E-state index in [0.717, 1.165) is 5.56 Å². The number of nitrogen functional groups attached to an aromatic ring is 1. The van der Waals surface area contributed by atoms with Gasteiger partial charge in [-0.3, -0.25) is 4.79 Å². The molecule has 31 heavy (non-hydrogen) atoms. The quantitative estimate of drug-likeness (QED) is 0.116. The number of nitrogens with two attached hydrogens (primary N) is 1. The van der Waals surface area contributed by atoms with E-state index in [2.05, 4.69) is 20.7 Å². The molecule has 0 saturated heterocycles. The van der Waals surface area contributed by atoms with E-state index in [4.69, 9.17) is 15.7 Å². The Morgan fingerprint density at radius 2 is 1.90 bits per heavy atom. The van der Waals surface area contributed by atoms with Crippen molar-refractivity contribution in [2.75, 3.05) is 31.6 Å². The van der Waals surface area contributed by atoms with Crippen LogP contribution in [0.1, 0.15) is 11.3 Å². The number of hydrogen-bond acceptors (Lipinski definition) is 12. The summed E-state index contributed by atoms with van der Waals surface area (Å²) in [4.78, 5) is 12.4. The number of methoxy groups -OCH3 is 1. The van der Waals surface area contributed by atoms with Crippen molar-refractivity contribution in [1.29, 1.82) is 0 Å². The van der Waals surface area contributed by atoms with Crippen molar-refractivity contribution in [2.45, 2.75) is 18.3 Å². The maximum absolute atomic E-state index is 12.4. The summed E-state index contributed by atoms with van der Waals surface area (Å²) < 4.78 is 5.69. The number of ether oxygens (including phenoxy) is 1. The van der Waals surface area contributed by atoms with Gasteiger partial charge in [0.1, 0.15) is 24.1 Å². The van der Waals surface area contributed by atoms with Crippen LogP contribution in [0.4, 0.5) is 5.95 Å². The van der Waals surface area contributed by atoms with Gasteiger partial charge in [-0.05, 0) is 23.8 Å². The molecule has 1 heterocycles. The number of nitrogens with zero attached hydrogens (tertiary/aromatic N) is 4. The van der Waals surface area contributed by atoms with Gasteiger partial charge in [0, 0.05) is 0 Å². The zero-order valence-electron chi connectivity index (χ0n) is 16.5. The number of aliphatic hydroxyl groups is 5. The Labute approximate surface area is 176 Å². The smallest absolute Gasteiger partial charge is 0.299 e. The van der Waals surface area contributed by atoms with Crippen LogP contribution < -0.4 is 21.6 Å². The average Bonchev–Trinajstić information content (AvgIpc) is 2.80. The molecule has 0 radical (unpaired) electrons. The largest absolute Gasteiger partial charge is 0.497 e.